The van der Waals surface area contributed by atoms with Crippen LogP contribution in [0.1, 0.15) is 12.0 Å². The topological polar surface area (TPSA) is 92.4 Å². The second kappa shape index (κ2) is 6.44. The third-order valence-electron chi connectivity index (χ3n) is 2.36. The molecule has 0 heterocycles. The molecule has 0 aliphatic carbocycles. The first-order valence-corrected chi connectivity index (χ1v) is 5.51. The lowest BCUT2D eigenvalue weighted by Gasteiger charge is -2.05. The molecule has 0 saturated heterocycles. The summed E-state index contributed by atoms with van der Waals surface area (Å²) < 4.78 is 0. The lowest BCUT2D eigenvalue weighted by atomic mass is 10.1. The van der Waals surface area contributed by atoms with Crippen LogP contribution in [-0.4, -0.2) is 23.5 Å². The van der Waals surface area contributed by atoms with E-state index in [2.05, 4.69) is 11.9 Å². The molecule has 0 aliphatic rings. The fourth-order valence-corrected chi connectivity index (χ4v) is 1.43. The van der Waals surface area contributed by atoms with E-state index in [4.69, 9.17) is 10.8 Å². The van der Waals surface area contributed by atoms with E-state index in [-0.39, 0.29) is 17.9 Å². The van der Waals surface area contributed by atoms with Crippen LogP contribution in [0, 0.1) is 0 Å². The van der Waals surface area contributed by atoms with Crippen molar-refractivity contribution in [3.05, 3.63) is 42.0 Å². The Balaban J connectivity index is 2.32. The van der Waals surface area contributed by atoms with Gasteiger partial charge in [0, 0.05) is 17.8 Å². The van der Waals surface area contributed by atoms with Crippen LogP contribution in [0.5, 0.6) is 0 Å². The number of nitrogens with one attached hydrogen (secondary N) is 1. The Morgan fingerprint density at radius 3 is 2.72 bits per heavy atom. The van der Waals surface area contributed by atoms with Gasteiger partial charge in [-0.2, -0.15) is 0 Å². The molecule has 0 aromatic heterocycles. The Labute approximate surface area is 105 Å². The third kappa shape index (κ3) is 4.69. The van der Waals surface area contributed by atoms with Gasteiger partial charge in [-0.05, 0) is 24.1 Å². The van der Waals surface area contributed by atoms with Gasteiger partial charge in [0.05, 0.1) is 6.42 Å². The average Bonchev–Trinajstić information content (AvgIpc) is 2.28. The highest BCUT2D eigenvalue weighted by Gasteiger charge is 2.09. The molecule has 0 bridgehead atoms. The van der Waals surface area contributed by atoms with Gasteiger partial charge < -0.3 is 16.2 Å². The predicted octanol–water partition coefficient (Wildman–Crippen LogP) is 0.958. The van der Waals surface area contributed by atoms with Crippen LogP contribution in [-0.2, 0) is 16.0 Å². The Kier molecular flexibility index (Phi) is 4.92. The van der Waals surface area contributed by atoms with Gasteiger partial charge in [-0.25, -0.2) is 4.79 Å². The van der Waals surface area contributed by atoms with Gasteiger partial charge in [-0.15, -0.1) is 0 Å². The number of hydrogen-bond donors (Lipinski definition) is 3. The number of carbonyl (C=O) groups excluding carboxylic acids is 1. The summed E-state index contributed by atoms with van der Waals surface area (Å²) in [7, 11) is 0. The minimum atomic E-state index is -1.15. The van der Waals surface area contributed by atoms with Crippen molar-refractivity contribution in [1.29, 1.82) is 0 Å². The fraction of sp³-hybridized carbons (Fsp3) is 0.231. The Hall–Kier alpha value is -2.30. The highest BCUT2D eigenvalue weighted by atomic mass is 16.4. The van der Waals surface area contributed by atoms with Crippen LogP contribution in [0.4, 0.5) is 5.69 Å². The Bertz CT molecular complexity index is 469. The average molecular weight is 248 g/mol. The summed E-state index contributed by atoms with van der Waals surface area (Å²) >= 11 is 0. The molecule has 1 aromatic rings. The van der Waals surface area contributed by atoms with Gasteiger partial charge in [0.15, 0.2) is 0 Å². The molecule has 0 unspecified atom stereocenters. The number of carboxylic acids is 1. The van der Waals surface area contributed by atoms with Crippen molar-refractivity contribution in [2.75, 3.05) is 12.3 Å². The highest BCUT2D eigenvalue weighted by Crippen LogP contribution is 2.06. The van der Waals surface area contributed by atoms with E-state index in [1.165, 1.54) is 0 Å². The molecule has 4 N–H and O–H groups in total. The van der Waals surface area contributed by atoms with Gasteiger partial charge in [0.1, 0.15) is 0 Å². The Morgan fingerprint density at radius 2 is 2.11 bits per heavy atom. The summed E-state index contributed by atoms with van der Waals surface area (Å²) in [6.07, 6.45) is 0.461. The highest BCUT2D eigenvalue weighted by molar-refractivity contribution is 5.93. The van der Waals surface area contributed by atoms with E-state index in [1.54, 1.807) is 6.07 Å². The molecule has 0 atom stereocenters. The smallest absolute Gasteiger partial charge is 0.331 e. The first-order valence-electron chi connectivity index (χ1n) is 5.51. The number of carboxylic acid groups (broad SMARTS) is 1. The van der Waals surface area contributed by atoms with Gasteiger partial charge >= 0.3 is 5.97 Å². The van der Waals surface area contributed by atoms with Crippen molar-refractivity contribution in [2.45, 2.75) is 12.8 Å². The molecule has 0 radical (unpaired) electrons. The lowest BCUT2D eigenvalue weighted by Crippen LogP contribution is -2.26. The lowest BCUT2D eigenvalue weighted by molar-refractivity contribution is -0.134. The maximum absolute atomic E-state index is 11.4. The van der Waals surface area contributed by atoms with Crippen LogP contribution >= 0.6 is 0 Å². The number of nitrogens with two attached hydrogens (primary N) is 1. The quantitative estimate of drug-likeness (QED) is 0.516. The Morgan fingerprint density at radius 1 is 1.39 bits per heavy atom. The molecular formula is C13H16N2O3. The number of anilines is 1. The molecule has 96 valence electrons. The number of carbonyl (C=O) groups is 2. The maximum atomic E-state index is 11.4. The van der Waals surface area contributed by atoms with Gasteiger partial charge in [0.2, 0.25) is 5.91 Å². The van der Waals surface area contributed by atoms with Gasteiger partial charge in [0.25, 0.3) is 0 Å². The van der Waals surface area contributed by atoms with Crippen LogP contribution in [0.2, 0.25) is 0 Å². The zero-order valence-corrected chi connectivity index (χ0v) is 9.98. The molecule has 0 spiro atoms. The first kappa shape index (κ1) is 13.8. The third-order valence-corrected chi connectivity index (χ3v) is 2.36. The minimum absolute atomic E-state index is 0.114. The van der Waals surface area contributed by atoms with Crippen molar-refractivity contribution in [2.24, 2.45) is 0 Å². The zero-order chi connectivity index (χ0) is 13.5. The van der Waals surface area contributed by atoms with Crippen molar-refractivity contribution in [3.63, 3.8) is 0 Å². The molecule has 0 saturated carbocycles. The van der Waals surface area contributed by atoms with E-state index in [0.717, 1.165) is 5.56 Å². The van der Waals surface area contributed by atoms with Crippen LogP contribution in [0.25, 0.3) is 0 Å². The summed E-state index contributed by atoms with van der Waals surface area (Å²) in [5, 5.41) is 11.2. The summed E-state index contributed by atoms with van der Waals surface area (Å²) in [6, 6.07) is 7.39. The summed E-state index contributed by atoms with van der Waals surface area (Å²) in [5.74, 6) is -1.49. The van der Waals surface area contributed by atoms with Gasteiger partial charge in [-0.3, -0.25) is 4.79 Å². The molecule has 1 amide bonds. The van der Waals surface area contributed by atoms with Crippen molar-refractivity contribution in [1.82, 2.24) is 5.32 Å². The number of amides is 1. The number of benzene rings is 1. The number of hydrogen-bond acceptors (Lipinski definition) is 3. The molecule has 0 fully saturated rings. The van der Waals surface area contributed by atoms with Crippen LogP contribution < -0.4 is 11.1 Å². The molecule has 18 heavy (non-hydrogen) atoms. The zero-order valence-electron chi connectivity index (χ0n) is 9.98. The summed E-state index contributed by atoms with van der Waals surface area (Å²) in [4.78, 5) is 21.8. The molecule has 0 aliphatic heterocycles. The first-order chi connectivity index (χ1) is 8.49. The predicted molar refractivity (Wildman–Crippen MR) is 69.0 cm³/mol. The standard InChI is InChI=1S/C13H16N2O3/c1-9(13(17)18)7-12(16)15-6-5-10-3-2-4-11(14)8-10/h2-4,8H,1,5-7,14H2,(H,15,16)(H,17,18). The number of aliphatic carboxylic acids is 1. The van der Waals surface area contributed by atoms with E-state index < -0.39 is 5.97 Å². The second-order valence-electron chi connectivity index (χ2n) is 3.93. The molecule has 1 aromatic carbocycles. The second-order valence-corrected chi connectivity index (χ2v) is 3.93. The van der Waals surface area contributed by atoms with E-state index >= 15 is 0 Å². The molecule has 5 nitrogen and oxygen atoms in total. The maximum Gasteiger partial charge on any atom is 0.331 e. The van der Waals surface area contributed by atoms with Crippen molar-refractivity contribution >= 4 is 17.6 Å². The number of nitrogen functional groups attached to an aromatic ring is 1. The SMILES string of the molecule is C=C(CC(=O)NCCc1cccc(N)c1)C(=O)O. The summed E-state index contributed by atoms with van der Waals surface area (Å²) in [5.41, 5.74) is 7.21. The van der Waals surface area contributed by atoms with E-state index in [9.17, 15) is 9.59 Å². The van der Waals surface area contributed by atoms with Crippen molar-refractivity contribution in [3.8, 4) is 0 Å². The molecule has 1 rings (SSSR count). The largest absolute Gasteiger partial charge is 0.478 e. The van der Waals surface area contributed by atoms with Gasteiger partial charge in [-0.1, -0.05) is 18.7 Å². The van der Waals surface area contributed by atoms with Crippen LogP contribution in [0.15, 0.2) is 36.4 Å². The van der Waals surface area contributed by atoms with E-state index in [0.29, 0.717) is 18.7 Å². The minimum Gasteiger partial charge on any atom is -0.478 e. The molecular weight excluding hydrogens is 232 g/mol. The summed E-state index contributed by atoms with van der Waals surface area (Å²) in [6.45, 7) is 3.73. The fourth-order valence-electron chi connectivity index (χ4n) is 1.43. The monoisotopic (exact) mass is 248 g/mol. The normalized spacial score (nSPS) is 9.78. The van der Waals surface area contributed by atoms with Crippen LogP contribution in [0.3, 0.4) is 0 Å². The molecule has 5 heteroatoms. The number of rotatable bonds is 6. The van der Waals surface area contributed by atoms with Crippen molar-refractivity contribution < 1.29 is 14.7 Å². The van der Waals surface area contributed by atoms with E-state index in [1.807, 2.05) is 18.2 Å².